The summed E-state index contributed by atoms with van der Waals surface area (Å²) in [5.41, 5.74) is -0.985. The number of carbonyl (C=O) groups excluding carboxylic acids is 2. The number of carboxylic acids is 2. The maximum Gasteiger partial charge on any atom is 2.00 e. The average Bonchev–Trinajstić information content (AvgIpc) is 2.67. The smallest absolute Gasteiger partial charge is 0.661 e. The molecule has 17 heteroatoms. The normalized spacial score (nSPS) is 7.33. The maximum atomic E-state index is 10.7. The van der Waals surface area contributed by atoms with E-state index in [-0.39, 0.29) is 78.2 Å². The van der Waals surface area contributed by atoms with Crippen molar-refractivity contribution in [1.29, 1.82) is 0 Å². The Morgan fingerprint density at radius 3 is 0.939 bits per heavy atom. The van der Waals surface area contributed by atoms with Gasteiger partial charge in [0.1, 0.15) is 0 Å². The molecule has 2 aromatic carbocycles. The van der Waals surface area contributed by atoms with E-state index in [1.165, 1.54) is 48.5 Å². The first-order valence-corrected chi connectivity index (χ1v) is 6.66. The largest absolute Gasteiger partial charge is 2.00 e. The fourth-order valence-corrected chi connectivity index (χ4v) is 1.78. The van der Waals surface area contributed by atoms with Crippen molar-refractivity contribution in [2.75, 3.05) is 0 Å². The van der Waals surface area contributed by atoms with Crippen molar-refractivity contribution >= 4 is 46.9 Å². The van der Waals surface area contributed by atoms with E-state index in [1.807, 2.05) is 0 Å². The standard InChI is InChI=1S/2C8H6O5.Mg.6H2O/c2*9-7(10)5-3-1-2-4-6(5)8(11)13-12;;;;;;;/h2*1-4,12H,(H,9,10);;6*1H2/q;;+2;;;;;;/p-2. The molecule has 184 valence electrons. The van der Waals surface area contributed by atoms with E-state index in [0.717, 1.165) is 0 Å². The predicted molar refractivity (Wildman–Crippen MR) is 105 cm³/mol. The van der Waals surface area contributed by atoms with Gasteiger partial charge in [-0.15, -0.1) is 0 Å². The molecule has 0 amide bonds. The molecule has 0 fully saturated rings. The minimum Gasteiger partial charge on any atom is -0.661 e. The Labute approximate surface area is 200 Å². The Morgan fingerprint density at radius 1 is 0.545 bits per heavy atom. The van der Waals surface area contributed by atoms with Crippen LogP contribution in [0.3, 0.4) is 0 Å². The van der Waals surface area contributed by atoms with Gasteiger partial charge < -0.3 is 63.4 Å². The van der Waals surface area contributed by atoms with Crippen LogP contribution in [0, 0.1) is 0 Å². The molecule has 0 spiro atoms. The number of hydrogen-bond acceptors (Lipinski definition) is 8. The molecule has 0 saturated carbocycles. The molecule has 14 N–H and O–H groups in total. The first kappa shape index (κ1) is 47.5. The molecule has 16 nitrogen and oxygen atoms in total. The van der Waals surface area contributed by atoms with Crippen LogP contribution < -0.4 is 10.5 Å². The van der Waals surface area contributed by atoms with Gasteiger partial charge in [0.25, 0.3) is 0 Å². The minimum absolute atomic E-state index is 0. The molecular weight excluding hydrogens is 472 g/mol. The molecule has 0 atom stereocenters. The summed E-state index contributed by atoms with van der Waals surface area (Å²) in [5.74, 6) is -4.95. The van der Waals surface area contributed by atoms with Crippen molar-refractivity contribution < 1.29 is 82.5 Å². The second-order valence-corrected chi connectivity index (χ2v) is 4.44. The van der Waals surface area contributed by atoms with Crippen molar-refractivity contribution in [2.24, 2.45) is 0 Å². The topological polar surface area (TPSA) is 362 Å². The van der Waals surface area contributed by atoms with E-state index in [4.69, 9.17) is 10.2 Å². The zero-order valence-corrected chi connectivity index (χ0v) is 17.9. The molecular formula is C16H22MgO16. The maximum absolute atomic E-state index is 10.7. The number of benzene rings is 2. The minimum atomic E-state index is -1.28. The van der Waals surface area contributed by atoms with Gasteiger partial charge in [-0.2, -0.15) is 0 Å². The van der Waals surface area contributed by atoms with Gasteiger partial charge in [0.2, 0.25) is 0 Å². The van der Waals surface area contributed by atoms with Crippen molar-refractivity contribution in [3.63, 3.8) is 0 Å². The van der Waals surface area contributed by atoms with Crippen molar-refractivity contribution in [3.8, 4) is 0 Å². The Hall–Kier alpha value is -3.23. The molecule has 0 unspecified atom stereocenters. The zero-order valence-electron chi connectivity index (χ0n) is 16.5. The fraction of sp³-hybridized carbons (Fsp3) is 0. The molecule has 2 rings (SSSR count). The Balaban J connectivity index is -0.0000000676. The first-order chi connectivity index (χ1) is 12.3. The molecule has 0 aliphatic heterocycles. The van der Waals surface area contributed by atoms with Gasteiger partial charge in [0, 0.05) is 0 Å². The van der Waals surface area contributed by atoms with Crippen LogP contribution in [0.1, 0.15) is 41.4 Å². The van der Waals surface area contributed by atoms with E-state index < -0.39 is 23.9 Å². The molecule has 0 aliphatic rings. The van der Waals surface area contributed by atoms with Gasteiger partial charge in [0.05, 0.1) is 22.3 Å². The third kappa shape index (κ3) is 13.7. The number of aromatic carboxylic acids is 2. The summed E-state index contributed by atoms with van der Waals surface area (Å²) in [5, 5.41) is 36.7. The Kier molecular flexibility index (Phi) is 33.7. The summed E-state index contributed by atoms with van der Waals surface area (Å²) in [4.78, 5) is 48.9. The third-order valence-corrected chi connectivity index (χ3v) is 2.91. The molecule has 2 aromatic rings. The molecule has 0 bridgehead atoms. The second-order valence-electron chi connectivity index (χ2n) is 4.44. The van der Waals surface area contributed by atoms with Crippen molar-refractivity contribution in [2.45, 2.75) is 0 Å². The van der Waals surface area contributed by atoms with E-state index in [1.54, 1.807) is 0 Å². The Morgan fingerprint density at radius 2 is 0.758 bits per heavy atom. The average molecular weight is 495 g/mol. The van der Waals surface area contributed by atoms with Gasteiger partial charge in [-0.1, -0.05) is 24.3 Å². The van der Waals surface area contributed by atoms with Crippen molar-refractivity contribution in [1.82, 2.24) is 0 Å². The third-order valence-electron chi connectivity index (χ3n) is 2.91. The van der Waals surface area contributed by atoms with Crippen LogP contribution in [0.2, 0.25) is 0 Å². The van der Waals surface area contributed by atoms with Crippen LogP contribution in [-0.2, 0) is 9.78 Å². The summed E-state index contributed by atoms with van der Waals surface area (Å²) in [6.45, 7) is 0. The quantitative estimate of drug-likeness (QED) is 0.230. The summed E-state index contributed by atoms with van der Waals surface area (Å²) >= 11 is 0. The van der Waals surface area contributed by atoms with Crippen molar-refractivity contribution in [3.05, 3.63) is 70.8 Å². The molecule has 33 heavy (non-hydrogen) atoms. The monoisotopic (exact) mass is 494 g/mol. The van der Waals surface area contributed by atoms with E-state index in [2.05, 4.69) is 9.78 Å². The summed E-state index contributed by atoms with van der Waals surface area (Å²) < 4.78 is 0. The zero-order chi connectivity index (χ0) is 19.7. The first-order valence-electron chi connectivity index (χ1n) is 6.66. The summed E-state index contributed by atoms with van der Waals surface area (Å²) in [6, 6.07) is 10.6. The SMILES string of the molecule is O.O.O.O.O.O.O=C(O)c1ccccc1C(=O)O[O-].O=C(O)c1ccccc1C(=O)O[O-].[Mg+2]. The van der Waals surface area contributed by atoms with Gasteiger partial charge in [-0.05, 0) is 24.3 Å². The number of carbonyl (C=O) groups is 4. The van der Waals surface area contributed by atoms with E-state index >= 15 is 0 Å². The number of hydrogen-bond donors (Lipinski definition) is 2. The molecule has 0 aromatic heterocycles. The molecule has 0 radical (unpaired) electrons. The van der Waals surface area contributed by atoms with E-state index in [0.29, 0.717) is 0 Å². The van der Waals surface area contributed by atoms with Gasteiger partial charge >= 0.3 is 46.9 Å². The van der Waals surface area contributed by atoms with Crippen LogP contribution in [0.15, 0.2) is 48.5 Å². The number of rotatable bonds is 4. The number of carboxylic acid groups (broad SMARTS) is 2. The summed E-state index contributed by atoms with van der Waals surface area (Å²) in [7, 11) is 0. The summed E-state index contributed by atoms with van der Waals surface area (Å²) in [6.07, 6.45) is 0. The predicted octanol–water partition coefficient (Wildman–Crippen LogP) is -5.70. The van der Waals surface area contributed by atoms with Crippen LogP contribution >= 0.6 is 0 Å². The fourth-order valence-electron chi connectivity index (χ4n) is 1.78. The van der Waals surface area contributed by atoms with Crippen LogP contribution in [0.5, 0.6) is 0 Å². The van der Waals surface area contributed by atoms with E-state index in [9.17, 15) is 29.7 Å². The molecule has 0 heterocycles. The van der Waals surface area contributed by atoms with Gasteiger partial charge in [-0.3, -0.25) is 0 Å². The van der Waals surface area contributed by atoms with Crippen LogP contribution in [0.4, 0.5) is 0 Å². The molecule has 0 saturated heterocycles. The van der Waals surface area contributed by atoms with Gasteiger partial charge in [-0.25, -0.2) is 19.2 Å². The van der Waals surface area contributed by atoms with Crippen LogP contribution in [-0.4, -0.2) is 90.0 Å². The Bertz CT molecular complexity index is 771. The van der Waals surface area contributed by atoms with Gasteiger partial charge in [0.15, 0.2) is 0 Å². The second kappa shape index (κ2) is 23.4. The molecule has 0 aliphatic carbocycles. The van der Waals surface area contributed by atoms with Crippen LogP contribution in [0.25, 0.3) is 0 Å².